The SMILES string of the molecule is O=C(O)CC1CN(CCc2ccc([N+](=O)[O-])cc2)CCN1CCc1ccc([N+](=O)[O-])cc1. The van der Waals surface area contributed by atoms with Crippen LogP contribution in [0.2, 0.25) is 0 Å². The number of hydrogen-bond acceptors (Lipinski definition) is 7. The molecule has 0 aliphatic carbocycles. The quantitative estimate of drug-likeness (QED) is 0.439. The van der Waals surface area contributed by atoms with Crippen molar-refractivity contribution >= 4 is 17.3 Å². The number of nitro benzene ring substituents is 2. The van der Waals surface area contributed by atoms with Gasteiger partial charge in [-0.3, -0.25) is 29.9 Å². The fourth-order valence-electron chi connectivity index (χ4n) is 3.98. The summed E-state index contributed by atoms with van der Waals surface area (Å²) < 4.78 is 0. The van der Waals surface area contributed by atoms with Crippen LogP contribution in [-0.4, -0.2) is 69.5 Å². The van der Waals surface area contributed by atoms with Gasteiger partial charge in [-0.2, -0.15) is 0 Å². The van der Waals surface area contributed by atoms with Crippen molar-refractivity contribution in [1.82, 2.24) is 9.80 Å². The molecule has 32 heavy (non-hydrogen) atoms. The van der Waals surface area contributed by atoms with E-state index in [1.54, 1.807) is 24.3 Å². The molecule has 0 saturated carbocycles. The van der Waals surface area contributed by atoms with Gasteiger partial charge >= 0.3 is 5.97 Å². The number of hydrogen-bond donors (Lipinski definition) is 1. The van der Waals surface area contributed by atoms with Crippen LogP contribution in [0.5, 0.6) is 0 Å². The molecule has 1 atom stereocenters. The van der Waals surface area contributed by atoms with Crippen LogP contribution in [0.25, 0.3) is 0 Å². The number of benzene rings is 2. The van der Waals surface area contributed by atoms with E-state index < -0.39 is 15.8 Å². The normalized spacial score (nSPS) is 17.2. The number of nitro groups is 2. The second kappa shape index (κ2) is 10.8. The molecule has 1 aliphatic rings. The molecule has 1 unspecified atom stereocenters. The van der Waals surface area contributed by atoms with E-state index in [0.717, 1.165) is 37.2 Å². The van der Waals surface area contributed by atoms with E-state index in [1.165, 1.54) is 24.3 Å². The molecule has 2 aromatic carbocycles. The number of carbonyl (C=O) groups is 1. The third-order valence-electron chi connectivity index (χ3n) is 5.80. The van der Waals surface area contributed by atoms with E-state index in [-0.39, 0.29) is 23.8 Å². The van der Waals surface area contributed by atoms with E-state index in [2.05, 4.69) is 9.80 Å². The summed E-state index contributed by atoms with van der Waals surface area (Å²) >= 11 is 0. The highest BCUT2D eigenvalue weighted by Crippen LogP contribution is 2.18. The molecule has 10 heteroatoms. The van der Waals surface area contributed by atoms with Crippen molar-refractivity contribution in [2.45, 2.75) is 25.3 Å². The Bertz CT molecular complexity index is 948. The highest BCUT2D eigenvalue weighted by molar-refractivity contribution is 5.67. The minimum atomic E-state index is -0.840. The maximum atomic E-state index is 11.4. The van der Waals surface area contributed by atoms with E-state index >= 15 is 0 Å². The summed E-state index contributed by atoms with van der Waals surface area (Å²) in [5.41, 5.74) is 2.10. The van der Waals surface area contributed by atoms with Gasteiger partial charge in [-0.1, -0.05) is 24.3 Å². The van der Waals surface area contributed by atoms with Gasteiger partial charge in [-0.15, -0.1) is 0 Å². The summed E-state index contributed by atoms with van der Waals surface area (Å²) in [6.07, 6.45) is 1.48. The second-order valence-electron chi connectivity index (χ2n) is 7.94. The third kappa shape index (κ3) is 6.56. The fourth-order valence-corrected chi connectivity index (χ4v) is 3.98. The molecule has 1 fully saturated rings. The maximum Gasteiger partial charge on any atom is 0.304 e. The highest BCUT2D eigenvalue weighted by atomic mass is 16.6. The number of carboxylic acids is 1. The highest BCUT2D eigenvalue weighted by Gasteiger charge is 2.28. The van der Waals surface area contributed by atoms with Crippen molar-refractivity contribution in [1.29, 1.82) is 0 Å². The first-order chi connectivity index (χ1) is 15.3. The molecule has 1 N–H and O–H groups in total. The number of aliphatic carboxylic acids is 1. The zero-order chi connectivity index (χ0) is 23.1. The van der Waals surface area contributed by atoms with Crippen molar-refractivity contribution in [3.8, 4) is 0 Å². The largest absolute Gasteiger partial charge is 0.481 e. The van der Waals surface area contributed by atoms with Crippen molar-refractivity contribution in [2.24, 2.45) is 0 Å². The molecular formula is C22H26N4O6. The zero-order valence-corrected chi connectivity index (χ0v) is 17.6. The average molecular weight is 442 g/mol. The molecule has 0 aromatic heterocycles. The zero-order valence-electron chi connectivity index (χ0n) is 17.6. The molecule has 0 bridgehead atoms. The molecule has 10 nitrogen and oxygen atoms in total. The van der Waals surface area contributed by atoms with Gasteiger partial charge in [0.25, 0.3) is 11.4 Å². The Morgan fingerprint density at radius 3 is 1.84 bits per heavy atom. The lowest BCUT2D eigenvalue weighted by Crippen LogP contribution is -2.54. The Kier molecular flexibility index (Phi) is 7.85. The molecule has 1 heterocycles. The first-order valence-electron chi connectivity index (χ1n) is 10.5. The van der Waals surface area contributed by atoms with Gasteiger partial charge < -0.3 is 10.0 Å². The first-order valence-corrected chi connectivity index (χ1v) is 10.5. The summed E-state index contributed by atoms with van der Waals surface area (Å²) in [4.78, 5) is 36.5. The number of carboxylic acid groups (broad SMARTS) is 1. The molecule has 3 rings (SSSR count). The second-order valence-corrected chi connectivity index (χ2v) is 7.94. The summed E-state index contributed by atoms with van der Waals surface area (Å²) in [5, 5.41) is 30.9. The molecule has 1 aliphatic heterocycles. The van der Waals surface area contributed by atoms with Crippen molar-refractivity contribution < 1.29 is 19.7 Å². The number of non-ortho nitro benzene ring substituents is 2. The standard InChI is InChI=1S/C22H26N4O6/c27-22(28)15-21-16-23(11-9-17-1-5-19(6-2-17)25(29)30)13-14-24(21)12-10-18-3-7-20(8-4-18)26(31)32/h1-8,21H,9-16H2,(H,27,28). The maximum absolute atomic E-state index is 11.4. The summed E-state index contributed by atoms with van der Waals surface area (Å²) in [6.45, 7) is 3.63. The monoisotopic (exact) mass is 442 g/mol. The first kappa shape index (κ1) is 23.3. The Labute approximate surface area is 185 Å². The van der Waals surface area contributed by atoms with Gasteiger partial charge in [-0.05, 0) is 24.0 Å². The molecule has 0 radical (unpaired) electrons. The number of piperazine rings is 1. The fraction of sp³-hybridized carbons (Fsp3) is 0.409. The van der Waals surface area contributed by atoms with Crippen LogP contribution in [0.3, 0.4) is 0 Å². The minimum Gasteiger partial charge on any atom is -0.481 e. The molecular weight excluding hydrogens is 416 g/mol. The number of rotatable bonds is 10. The van der Waals surface area contributed by atoms with Crippen LogP contribution < -0.4 is 0 Å². The summed E-state index contributed by atoms with van der Waals surface area (Å²) in [6, 6.07) is 12.9. The predicted molar refractivity (Wildman–Crippen MR) is 118 cm³/mol. The van der Waals surface area contributed by atoms with Gasteiger partial charge in [-0.25, -0.2) is 0 Å². The minimum absolute atomic E-state index is 0.0499. The van der Waals surface area contributed by atoms with Gasteiger partial charge in [0.1, 0.15) is 0 Å². The topological polar surface area (TPSA) is 130 Å². The van der Waals surface area contributed by atoms with Gasteiger partial charge in [0.05, 0.1) is 16.3 Å². The smallest absolute Gasteiger partial charge is 0.304 e. The third-order valence-corrected chi connectivity index (χ3v) is 5.80. The lowest BCUT2D eigenvalue weighted by Gasteiger charge is -2.41. The number of nitrogens with zero attached hydrogens (tertiary/aromatic N) is 4. The summed E-state index contributed by atoms with van der Waals surface area (Å²) in [7, 11) is 0. The van der Waals surface area contributed by atoms with Gasteiger partial charge in [0, 0.05) is 63.0 Å². The van der Waals surface area contributed by atoms with Crippen molar-refractivity contribution in [3.63, 3.8) is 0 Å². The molecule has 170 valence electrons. The van der Waals surface area contributed by atoms with Gasteiger partial charge in [0.15, 0.2) is 0 Å². The molecule has 0 amide bonds. The van der Waals surface area contributed by atoms with E-state index in [9.17, 15) is 30.1 Å². The Balaban J connectivity index is 1.53. The molecule has 2 aromatic rings. The van der Waals surface area contributed by atoms with Crippen LogP contribution in [0.1, 0.15) is 17.5 Å². The lowest BCUT2D eigenvalue weighted by atomic mass is 10.0. The van der Waals surface area contributed by atoms with Crippen molar-refractivity contribution in [2.75, 3.05) is 32.7 Å². The lowest BCUT2D eigenvalue weighted by molar-refractivity contribution is -0.385. The average Bonchev–Trinajstić information content (AvgIpc) is 2.77. The van der Waals surface area contributed by atoms with Crippen LogP contribution in [0.15, 0.2) is 48.5 Å². The van der Waals surface area contributed by atoms with Crippen LogP contribution >= 0.6 is 0 Å². The van der Waals surface area contributed by atoms with Gasteiger partial charge in [0.2, 0.25) is 0 Å². The van der Waals surface area contributed by atoms with E-state index in [1.807, 2.05) is 0 Å². The Morgan fingerprint density at radius 1 is 0.875 bits per heavy atom. The van der Waals surface area contributed by atoms with Crippen LogP contribution in [0.4, 0.5) is 11.4 Å². The summed E-state index contributed by atoms with van der Waals surface area (Å²) in [5.74, 6) is -0.840. The Hall–Kier alpha value is -3.37. The predicted octanol–water partition coefficient (Wildman–Crippen LogP) is 2.75. The Morgan fingerprint density at radius 2 is 1.38 bits per heavy atom. The van der Waals surface area contributed by atoms with Crippen LogP contribution in [0, 0.1) is 20.2 Å². The molecule has 1 saturated heterocycles. The van der Waals surface area contributed by atoms with Crippen molar-refractivity contribution in [3.05, 3.63) is 79.9 Å². The molecule has 0 spiro atoms. The van der Waals surface area contributed by atoms with Crippen LogP contribution in [-0.2, 0) is 17.6 Å². The van der Waals surface area contributed by atoms with E-state index in [0.29, 0.717) is 19.5 Å². The van der Waals surface area contributed by atoms with E-state index in [4.69, 9.17) is 0 Å².